The largest absolute Gasteiger partial charge is 0.493 e. The summed E-state index contributed by atoms with van der Waals surface area (Å²) in [6.07, 6.45) is 0.110. The maximum absolute atomic E-state index is 14.3. The molecule has 2 heterocycles. The number of thiophene rings is 1. The van der Waals surface area contributed by atoms with Gasteiger partial charge in [-0.15, -0.1) is 11.3 Å². The third-order valence-electron chi connectivity index (χ3n) is 5.22. The van der Waals surface area contributed by atoms with Gasteiger partial charge in [-0.1, -0.05) is 6.07 Å². The van der Waals surface area contributed by atoms with Crippen LogP contribution in [0.4, 0.5) is 4.39 Å². The Bertz CT molecular complexity index is 1190. The van der Waals surface area contributed by atoms with Crippen LogP contribution in [-0.4, -0.2) is 38.6 Å². The molecule has 1 amide bonds. The summed E-state index contributed by atoms with van der Waals surface area (Å²) >= 11 is 1.30. The maximum atomic E-state index is 14.3. The number of hydrogen-bond donors (Lipinski definition) is 1. The van der Waals surface area contributed by atoms with Crippen molar-refractivity contribution in [2.75, 3.05) is 20.8 Å². The number of hydrogen-bond acceptors (Lipinski definition) is 6. The number of halogens is 1. The van der Waals surface area contributed by atoms with Crippen LogP contribution < -0.4 is 19.5 Å². The molecule has 2 aromatic carbocycles. The maximum Gasteiger partial charge on any atom is 0.255 e. The Kier molecular flexibility index (Phi) is 6.14. The van der Waals surface area contributed by atoms with E-state index in [1.807, 2.05) is 0 Å². The van der Waals surface area contributed by atoms with E-state index in [4.69, 9.17) is 14.2 Å². The molecule has 1 N–H and O–H groups in total. The van der Waals surface area contributed by atoms with Gasteiger partial charge in [0.2, 0.25) is 0 Å². The normalized spacial score (nSPS) is 14.4. The first-order valence-electron chi connectivity index (χ1n) is 10.0. The molecule has 0 fully saturated rings. The van der Waals surface area contributed by atoms with E-state index in [0.717, 1.165) is 10.4 Å². The number of amides is 1. The Morgan fingerprint density at radius 1 is 1.19 bits per heavy atom. The molecule has 0 aliphatic carbocycles. The molecule has 0 bridgehead atoms. The van der Waals surface area contributed by atoms with Gasteiger partial charge in [0.05, 0.1) is 31.2 Å². The fourth-order valence-electron chi connectivity index (χ4n) is 3.73. The molecule has 6 nitrogen and oxygen atoms in total. The molecular formula is C24H22FNO5S. The quantitative estimate of drug-likeness (QED) is 0.531. The standard InChI is InChI=1S/C24H22FNO5S/c1-13(27)20-7-8-21(32-20)18-11-15(25)9-14-10-16(31-22(14)18)12-26-24(28)17-5-4-6-19(29-2)23(17)30-3/h4-9,11,16H,10,12H2,1-3H3,(H,26,28). The minimum atomic E-state index is -0.370. The first kappa shape index (κ1) is 21.8. The lowest BCUT2D eigenvalue weighted by atomic mass is 10.0. The molecule has 4 rings (SSSR count). The third-order valence-corrected chi connectivity index (χ3v) is 6.44. The van der Waals surface area contributed by atoms with Crippen LogP contribution in [0.3, 0.4) is 0 Å². The number of para-hydroxylation sites is 1. The lowest BCUT2D eigenvalue weighted by Gasteiger charge is -2.15. The summed E-state index contributed by atoms with van der Waals surface area (Å²) in [5.74, 6) is 0.671. The van der Waals surface area contributed by atoms with Crippen molar-refractivity contribution >= 4 is 23.0 Å². The molecule has 3 aromatic rings. The second-order valence-electron chi connectivity index (χ2n) is 7.36. The van der Waals surface area contributed by atoms with E-state index in [1.165, 1.54) is 44.6 Å². The van der Waals surface area contributed by atoms with Gasteiger partial charge in [-0.05, 0) is 43.3 Å². The highest BCUT2D eigenvalue weighted by molar-refractivity contribution is 7.17. The highest BCUT2D eigenvalue weighted by atomic mass is 32.1. The molecule has 1 aromatic heterocycles. The first-order valence-corrected chi connectivity index (χ1v) is 10.8. The minimum absolute atomic E-state index is 0.0382. The van der Waals surface area contributed by atoms with E-state index in [0.29, 0.717) is 39.7 Å². The van der Waals surface area contributed by atoms with Gasteiger partial charge in [0, 0.05) is 22.4 Å². The van der Waals surface area contributed by atoms with E-state index < -0.39 is 0 Å². The molecule has 1 unspecified atom stereocenters. The number of nitrogens with one attached hydrogen (secondary N) is 1. The van der Waals surface area contributed by atoms with Crippen LogP contribution in [0.5, 0.6) is 17.2 Å². The molecule has 0 saturated carbocycles. The predicted molar refractivity (Wildman–Crippen MR) is 120 cm³/mol. The van der Waals surface area contributed by atoms with Crippen LogP contribution >= 0.6 is 11.3 Å². The number of fused-ring (bicyclic) bond motifs is 1. The van der Waals surface area contributed by atoms with Gasteiger partial charge in [0.1, 0.15) is 17.7 Å². The lowest BCUT2D eigenvalue weighted by molar-refractivity contribution is 0.0929. The Morgan fingerprint density at radius 2 is 2.00 bits per heavy atom. The highest BCUT2D eigenvalue weighted by Gasteiger charge is 2.28. The van der Waals surface area contributed by atoms with Crippen LogP contribution in [0.25, 0.3) is 10.4 Å². The van der Waals surface area contributed by atoms with Crippen molar-refractivity contribution in [3.05, 3.63) is 64.3 Å². The van der Waals surface area contributed by atoms with E-state index in [1.54, 1.807) is 30.3 Å². The number of ketones is 1. The monoisotopic (exact) mass is 455 g/mol. The van der Waals surface area contributed by atoms with Gasteiger partial charge in [-0.2, -0.15) is 0 Å². The molecule has 0 spiro atoms. The van der Waals surface area contributed by atoms with E-state index in [-0.39, 0.29) is 30.2 Å². The number of Topliss-reactive ketones (excluding diaryl/α,β-unsaturated/α-hetero) is 1. The highest BCUT2D eigenvalue weighted by Crippen LogP contribution is 2.42. The predicted octanol–water partition coefficient (Wildman–Crippen LogP) is 4.51. The van der Waals surface area contributed by atoms with Crippen molar-refractivity contribution in [1.29, 1.82) is 0 Å². The Morgan fingerprint density at radius 3 is 2.69 bits per heavy atom. The third kappa shape index (κ3) is 4.18. The molecular weight excluding hydrogens is 433 g/mol. The summed E-state index contributed by atoms with van der Waals surface area (Å²) < 4.78 is 30.9. The van der Waals surface area contributed by atoms with Gasteiger partial charge in [-0.25, -0.2) is 4.39 Å². The second kappa shape index (κ2) is 9.00. The van der Waals surface area contributed by atoms with Crippen molar-refractivity contribution in [3.8, 4) is 27.7 Å². The molecule has 8 heteroatoms. The fraction of sp³-hybridized carbons (Fsp3) is 0.250. The zero-order valence-corrected chi connectivity index (χ0v) is 18.7. The molecule has 1 aliphatic rings. The summed E-state index contributed by atoms with van der Waals surface area (Å²) in [7, 11) is 2.98. The molecule has 1 atom stereocenters. The van der Waals surface area contributed by atoms with Gasteiger partial charge in [0.15, 0.2) is 17.3 Å². The van der Waals surface area contributed by atoms with Crippen molar-refractivity contribution in [3.63, 3.8) is 0 Å². The molecule has 1 aliphatic heterocycles. The molecule has 0 saturated heterocycles. The van der Waals surface area contributed by atoms with Crippen LogP contribution in [0.15, 0.2) is 42.5 Å². The lowest BCUT2D eigenvalue weighted by Crippen LogP contribution is -2.34. The van der Waals surface area contributed by atoms with Crippen molar-refractivity contribution in [1.82, 2.24) is 5.32 Å². The zero-order valence-electron chi connectivity index (χ0n) is 17.9. The summed E-state index contributed by atoms with van der Waals surface area (Å²) in [4.78, 5) is 25.7. The van der Waals surface area contributed by atoms with Crippen LogP contribution in [0.2, 0.25) is 0 Å². The Hall–Kier alpha value is -3.39. The van der Waals surface area contributed by atoms with E-state index in [2.05, 4.69) is 5.32 Å². The number of carbonyl (C=O) groups is 2. The topological polar surface area (TPSA) is 73.9 Å². The number of carbonyl (C=O) groups excluding carboxylic acids is 2. The summed E-state index contributed by atoms with van der Waals surface area (Å²) in [6.45, 7) is 1.73. The molecule has 166 valence electrons. The SMILES string of the molecule is COc1cccc(C(=O)NCC2Cc3cc(F)cc(-c4ccc(C(C)=O)s4)c3O2)c1OC. The smallest absolute Gasteiger partial charge is 0.255 e. The van der Waals surface area contributed by atoms with Crippen molar-refractivity contribution in [2.24, 2.45) is 0 Å². The summed E-state index contributed by atoms with van der Waals surface area (Å²) in [5.41, 5.74) is 1.70. The number of rotatable bonds is 7. The zero-order chi connectivity index (χ0) is 22.8. The molecule has 0 radical (unpaired) electrons. The van der Waals surface area contributed by atoms with E-state index >= 15 is 0 Å². The number of benzene rings is 2. The minimum Gasteiger partial charge on any atom is -0.493 e. The second-order valence-corrected chi connectivity index (χ2v) is 8.44. The molecule has 32 heavy (non-hydrogen) atoms. The van der Waals surface area contributed by atoms with Crippen molar-refractivity contribution < 1.29 is 28.2 Å². The average molecular weight is 456 g/mol. The van der Waals surface area contributed by atoms with Gasteiger partial charge < -0.3 is 19.5 Å². The first-order chi connectivity index (χ1) is 15.4. The summed E-state index contributed by atoms with van der Waals surface area (Å²) in [5, 5.41) is 2.86. The average Bonchev–Trinajstić information content (AvgIpc) is 3.43. The van der Waals surface area contributed by atoms with Gasteiger partial charge in [-0.3, -0.25) is 9.59 Å². The number of ether oxygens (including phenoxy) is 3. The van der Waals surface area contributed by atoms with Crippen LogP contribution in [0, 0.1) is 5.82 Å². The van der Waals surface area contributed by atoms with Crippen molar-refractivity contribution in [2.45, 2.75) is 19.4 Å². The van der Waals surface area contributed by atoms with Gasteiger partial charge in [0.25, 0.3) is 5.91 Å². The Balaban J connectivity index is 1.50. The summed E-state index contributed by atoms with van der Waals surface area (Å²) in [6, 6.07) is 11.5. The fourth-order valence-corrected chi connectivity index (χ4v) is 4.65. The van der Waals surface area contributed by atoms with Crippen LogP contribution in [0.1, 0.15) is 32.5 Å². The van der Waals surface area contributed by atoms with Crippen LogP contribution in [-0.2, 0) is 6.42 Å². The Labute approximate surface area is 188 Å². The number of methoxy groups -OCH3 is 2. The van der Waals surface area contributed by atoms with E-state index in [9.17, 15) is 14.0 Å². The van der Waals surface area contributed by atoms with Gasteiger partial charge >= 0.3 is 0 Å².